The summed E-state index contributed by atoms with van der Waals surface area (Å²) in [6.07, 6.45) is -6.57. The van der Waals surface area contributed by atoms with Gasteiger partial charge in [0.2, 0.25) is 0 Å². The predicted molar refractivity (Wildman–Crippen MR) is 66.0 cm³/mol. The Hall–Kier alpha value is -1.95. The molecule has 1 heterocycles. The van der Waals surface area contributed by atoms with E-state index in [2.05, 4.69) is 0 Å². The van der Waals surface area contributed by atoms with E-state index in [4.69, 9.17) is 0 Å². The van der Waals surface area contributed by atoms with Gasteiger partial charge in [0.05, 0.1) is 0 Å². The molecule has 1 aromatic rings. The van der Waals surface area contributed by atoms with Crippen LogP contribution in [0.25, 0.3) is 0 Å². The van der Waals surface area contributed by atoms with Gasteiger partial charge in [0.25, 0.3) is 6.04 Å². The van der Waals surface area contributed by atoms with Gasteiger partial charge in [-0.15, -0.1) is 0 Å². The van der Waals surface area contributed by atoms with Crippen molar-refractivity contribution in [2.24, 2.45) is 0 Å². The van der Waals surface area contributed by atoms with Crippen LogP contribution in [0.4, 0.5) is 30.7 Å². The first kappa shape index (κ1) is 18.4. The van der Waals surface area contributed by atoms with Gasteiger partial charge in [-0.3, -0.25) is 10.1 Å². The van der Waals surface area contributed by atoms with Crippen LogP contribution in [0.2, 0.25) is 0 Å². The first-order valence-corrected chi connectivity index (χ1v) is 6.43. The second kappa shape index (κ2) is 5.84. The highest BCUT2D eigenvalue weighted by atomic mass is 19.4. The fraction of sp³-hybridized carbons (Fsp3) is 0.500. The van der Waals surface area contributed by atoms with E-state index in [0.717, 1.165) is 0 Å². The molecule has 134 valence electrons. The van der Waals surface area contributed by atoms with E-state index in [-0.39, 0.29) is 5.56 Å². The van der Waals surface area contributed by atoms with E-state index in [0.29, 0.717) is 0 Å². The first-order valence-electron chi connectivity index (χ1n) is 6.43. The van der Waals surface area contributed by atoms with Gasteiger partial charge in [-0.05, 0) is 5.56 Å². The fourth-order valence-corrected chi connectivity index (χ4v) is 2.42. The van der Waals surface area contributed by atoms with Crippen LogP contribution in [-0.2, 0) is 0 Å². The third kappa shape index (κ3) is 2.79. The van der Waals surface area contributed by atoms with Crippen LogP contribution in [0, 0.1) is 10.1 Å². The zero-order chi connectivity index (χ0) is 18.3. The van der Waals surface area contributed by atoms with Gasteiger partial charge < -0.3 is 0 Å². The standard InChI is InChI=1S/C12H10F7N3O2/c13-10(14,11(15,16)12(17,18)19)9-8(22(23)24)7(20-21-9)6-4-2-1-3-5-6/h1-5,7-9,20-21H. The number of hydrogen-bond donors (Lipinski definition) is 2. The zero-order valence-corrected chi connectivity index (χ0v) is 11.5. The molecule has 0 saturated carbocycles. The normalized spacial score (nSPS) is 25.7. The summed E-state index contributed by atoms with van der Waals surface area (Å²) in [5, 5.41) is 11.1. The second-order valence-corrected chi connectivity index (χ2v) is 5.13. The highest BCUT2D eigenvalue weighted by Crippen LogP contribution is 2.50. The zero-order valence-electron chi connectivity index (χ0n) is 11.5. The number of nitrogens with one attached hydrogen (secondary N) is 2. The molecule has 0 amide bonds. The molecule has 0 spiro atoms. The molecule has 0 aromatic heterocycles. The van der Waals surface area contributed by atoms with E-state index >= 15 is 0 Å². The lowest BCUT2D eigenvalue weighted by Gasteiger charge is -2.32. The summed E-state index contributed by atoms with van der Waals surface area (Å²) in [4.78, 5) is 9.78. The summed E-state index contributed by atoms with van der Waals surface area (Å²) >= 11 is 0. The van der Waals surface area contributed by atoms with Crippen molar-refractivity contribution >= 4 is 0 Å². The molecule has 24 heavy (non-hydrogen) atoms. The number of hydrazine groups is 1. The Morgan fingerprint density at radius 1 is 0.958 bits per heavy atom. The molecule has 2 rings (SSSR count). The molecule has 3 unspecified atom stereocenters. The molecule has 0 radical (unpaired) electrons. The minimum absolute atomic E-state index is 0.0836. The maximum Gasteiger partial charge on any atom is 0.459 e. The summed E-state index contributed by atoms with van der Waals surface area (Å²) in [6, 6.07) is -0.132. The van der Waals surface area contributed by atoms with Crippen LogP contribution in [-0.4, -0.2) is 35.0 Å². The van der Waals surface area contributed by atoms with Crippen molar-refractivity contribution in [3.8, 4) is 0 Å². The highest BCUT2D eigenvalue weighted by Gasteiger charge is 2.78. The summed E-state index contributed by atoms with van der Waals surface area (Å²) in [7, 11) is 0. The van der Waals surface area contributed by atoms with Crippen molar-refractivity contribution in [2.75, 3.05) is 0 Å². The smallest absolute Gasteiger partial charge is 0.264 e. The fourth-order valence-electron chi connectivity index (χ4n) is 2.42. The van der Waals surface area contributed by atoms with Crippen molar-refractivity contribution in [1.82, 2.24) is 10.9 Å². The van der Waals surface area contributed by atoms with Gasteiger partial charge in [-0.2, -0.15) is 30.7 Å². The molecule has 3 atom stereocenters. The summed E-state index contributed by atoms with van der Waals surface area (Å²) in [6.45, 7) is 0. The Balaban J connectivity index is 2.42. The summed E-state index contributed by atoms with van der Waals surface area (Å²) < 4.78 is 90.8. The molecule has 5 nitrogen and oxygen atoms in total. The Morgan fingerprint density at radius 3 is 1.96 bits per heavy atom. The van der Waals surface area contributed by atoms with E-state index in [1.54, 1.807) is 0 Å². The third-order valence-electron chi connectivity index (χ3n) is 3.64. The third-order valence-corrected chi connectivity index (χ3v) is 3.64. The Morgan fingerprint density at radius 2 is 1.50 bits per heavy atom. The van der Waals surface area contributed by atoms with Gasteiger partial charge >= 0.3 is 18.0 Å². The largest absolute Gasteiger partial charge is 0.459 e. The highest BCUT2D eigenvalue weighted by molar-refractivity contribution is 5.23. The number of alkyl halides is 7. The molecule has 1 fully saturated rings. The van der Waals surface area contributed by atoms with Gasteiger partial charge in [0.15, 0.2) is 6.04 Å². The molecular formula is C12H10F7N3O2. The molecule has 0 bridgehead atoms. The lowest BCUT2D eigenvalue weighted by Crippen LogP contribution is -2.64. The van der Waals surface area contributed by atoms with Crippen molar-refractivity contribution in [1.29, 1.82) is 0 Å². The van der Waals surface area contributed by atoms with E-state index in [9.17, 15) is 40.8 Å². The lowest BCUT2D eigenvalue weighted by molar-refractivity contribution is -0.535. The van der Waals surface area contributed by atoms with Gasteiger partial charge in [-0.25, -0.2) is 10.9 Å². The number of hydrogen-bond acceptors (Lipinski definition) is 4. The monoisotopic (exact) mass is 361 g/mol. The van der Waals surface area contributed by atoms with Crippen LogP contribution in [0.3, 0.4) is 0 Å². The lowest BCUT2D eigenvalue weighted by atomic mass is 9.90. The van der Waals surface area contributed by atoms with Gasteiger partial charge in [0.1, 0.15) is 6.04 Å². The van der Waals surface area contributed by atoms with Crippen molar-refractivity contribution in [3.05, 3.63) is 46.0 Å². The molecule has 2 N–H and O–H groups in total. The first-order chi connectivity index (χ1) is 10.9. The molecule has 1 aromatic carbocycles. The van der Waals surface area contributed by atoms with Gasteiger partial charge in [-0.1, -0.05) is 30.3 Å². The Bertz CT molecular complexity index is 608. The Labute approximate surface area is 129 Å². The average molecular weight is 361 g/mol. The summed E-state index contributed by atoms with van der Waals surface area (Å²) in [5.74, 6) is -12.2. The topological polar surface area (TPSA) is 67.2 Å². The van der Waals surface area contributed by atoms with Crippen LogP contribution in [0.1, 0.15) is 11.6 Å². The predicted octanol–water partition coefficient (Wildman–Crippen LogP) is 2.68. The maximum absolute atomic E-state index is 13.8. The Kier molecular flexibility index (Phi) is 4.48. The van der Waals surface area contributed by atoms with Crippen LogP contribution >= 0.6 is 0 Å². The summed E-state index contributed by atoms with van der Waals surface area (Å²) in [5.41, 5.74) is 3.63. The van der Waals surface area contributed by atoms with Crippen molar-refractivity contribution < 1.29 is 35.7 Å². The number of nitro groups is 1. The molecule has 0 aliphatic carbocycles. The molecule has 1 saturated heterocycles. The van der Waals surface area contributed by atoms with Crippen molar-refractivity contribution in [2.45, 2.75) is 36.1 Å². The number of benzene rings is 1. The number of rotatable bonds is 4. The molecular weight excluding hydrogens is 351 g/mol. The number of nitrogens with zero attached hydrogens (tertiary/aromatic N) is 1. The SMILES string of the molecule is O=[N+]([O-])C1C(c2ccccc2)NNC1C(F)(F)C(F)(F)C(F)(F)F. The second-order valence-electron chi connectivity index (χ2n) is 5.13. The molecule has 12 heteroatoms. The average Bonchev–Trinajstić information content (AvgIpc) is 2.92. The molecule has 1 aliphatic rings. The van der Waals surface area contributed by atoms with Crippen LogP contribution in [0.15, 0.2) is 30.3 Å². The quantitative estimate of drug-likeness (QED) is 0.492. The van der Waals surface area contributed by atoms with E-state index in [1.165, 1.54) is 35.8 Å². The van der Waals surface area contributed by atoms with E-state index < -0.39 is 41.1 Å². The molecule has 1 aliphatic heterocycles. The van der Waals surface area contributed by atoms with Crippen LogP contribution < -0.4 is 10.9 Å². The van der Waals surface area contributed by atoms with Gasteiger partial charge in [0, 0.05) is 4.92 Å². The minimum atomic E-state index is -6.57. The number of halogens is 7. The van der Waals surface area contributed by atoms with Crippen molar-refractivity contribution in [3.63, 3.8) is 0 Å². The van der Waals surface area contributed by atoms with E-state index in [1.807, 2.05) is 5.43 Å². The van der Waals surface area contributed by atoms with Crippen LogP contribution in [0.5, 0.6) is 0 Å². The minimum Gasteiger partial charge on any atom is -0.264 e. The maximum atomic E-state index is 13.8.